The second kappa shape index (κ2) is 9.89. The van der Waals surface area contributed by atoms with E-state index in [9.17, 15) is 10.4 Å². The molecule has 1 aliphatic carbocycles. The monoisotopic (exact) mass is 516 g/mol. The number of nitriles is 1. The molecule has 0 bridgehead atoms. The van der Waals surface area contributed by atoms with Crippen LogP contribution in [0.2, 0.25) is 0 Å². The molecule has 2 heterocycles. The quantitative estimate of drug-likeness (QED) is 0.437. The molecule has 0 spiro atoms. The SMILES string of the molecule is CON[C@@H]1[C@H](CN(C)C)[C@@H](c2ccccc2)[C@]2(c3ccc(C#N)cc3)Oc3cc(OC)nc(OC)c3[C@]12O. The summed E-state index contributed by atoms with van der Waals surface area (Å²) in [5, 5.41) is 22.7. The van der Waals surface area contributed by atoms with Gasteiger partial charge >= 0.3 is 0 Å². The van der Waals surface area contributed by atoms with Gasteiger partial charge in [0.05, 0.1) is 44.6 Å². The Balaban J connectivity index is 1.89. The number of nitrogens with zero attached hydrogens (tertiary/aromatic N) is 3. The molecule has 9 nitrogen and oxygen atoms in total. The highest BCUT2D eigenvalue weighted by Gasteiger charge is 2.77. The van der Waals surface area contributed by atoms with Crippen molar-refractivity contribution in [1.29, 1.82) is 5.26 Å². The van der Waals surface area contributed by atoms with Crippen LogP contribution in [0.4, 0.5) is 0 Å². The zero-order valence-corrected chi connectivity index (χ0v) is 22.1. The summed E-state index contributed by atoms with van der Waals surface area (Å²) in [5.41, 5.74) is 2.74. The summed E-state index contributed by atoms with van der Waals surface area (Å²) in [6.45, 7) is 0.617. The summed E-state index contributed by atoms with van der Waals surface area (Å²) < 4.78 is 18.1. The molecule has 1 saturated carbocycles. The van der Waals surface area contributed by atoms with Crippen molar-refractivity contribution < 1.29 is 24.2 Å². The molecule has 1 aromatic heterocycles. The lowest BCUT2D eigenvalue weighted by atomic mass is 9.70. The third-order valence-electron chi connectivity index (χ3n) is 7.71. The van der Waals surface area contributed by atoms with Crippen molar-refractivity contribution >= 4 is 0 Å². The van der Waals surface area contributed by atoms with Crippen molar-refractivity contribution in [1.82, 2.24) is 15.4 Å². The fraction of sp³-hybridized carbons (Fsp3) is 0.379. The van der Waals surface area contributed by atoms with E-state index in [-0.39, 0.29) is 17.7 Å². The number of nitrogens with one attached hydrogen (secondary N) is 1. The summed E-state index contributed by atoms with van der Waals surface area (Å²) in [6, 6.07) is 20.4. The highest BCUT2D eigenvalue weighted by molar-refractivity contribution is 5.60. The number of hydroxylamine groups is 1. The lowest BCUT2D eigenvalue weighted by Gasteiger charge is -2.41. The standard InChI is InChI=1S/C29H32N4O5/c1-33(2)17-21-24(19-9-7-6-8-10-19)29(20-13-11-18(16-30)12-14-20)28(34,26(21)32-37-5)25-22(38-29)15-23(35-3)31-27(25)36-4/h6-15,21,24,26,32,34H,17H2,1-5H3/t21-,24-,26-,28+,29+/m1/s1. The normalized spacial score (nSPS) is 27.4. The molecule has 2 N–H and O–H groups in total. The summed E-state index contributed by atoms with van der Waals surface area (Å²) in [4.78, 5) is 12.1. The smallest absolute Gasteiger partial charge is 0.226 e. The molecular weight excluding hydrogens is 484 g/mol. The van der Waals surface area contributed by atoms with E-state index in [1.165, 1.54) is 21.3 Å². The van der Waals surface area contributed by atoms with E-state index < -0.39 is 17.2 Å². The van der Waals surface area contributed by atoms with Gasteiger partial charge in [0.15, 0.2) is 11.2 Å². The lowest BCUT2D eigenvalue weighted by molar-refractivity contribution is -0.137. The third-order valence-corrected chi connectivity index (χ3v) is 7.71. The van der Waals surface area contributed by atoms with Crippen LogP contribution in [0.15, 0.2) is 60.7 Å². The van der Waals surface area contributed by atoms with E-state index in [2.05, 4.69) is 33.6 Å². The summed E-state index contributed by atoms with van der Waals surface area (Å²) in [5.74, 6) is 0.384. The van der Waals surface area contributed by atoms with Crippen LogP contribution in [0.5, 0.6) is 17.5 Å². The van der Waals surface area contributed by atoms with Gasteiger partial charge in [-0.2, -0.15) is 15.7 Å². The minimum atomic E-state index is -1.70. The summed E-state index contributed by atoms with van der Waals surface area (Å²) in [6.07, 6.45) is 0. The fourth-order valence-electron chi connectivity index (χ4n) is 6.41. The van der Waals surface area contributed by atoms with Gasteiger partial charge in [0, 0.05) is 24.4 Å². The molecule has 2 aromatic carbocycles. The number of methoxy groups -OCH3 is 2. The predicted octanol–water partition coefficient (Wildman–Crippen LogP) is 2.94. The van der Waals surface area contributed by atoms with Gasteiger partial charge in [0.2, 0.25) is 11.8 Å². The van der Waals surface area contributed by atoms with Gasteiger partial charge in [-0.1, -0.05) is 42.5 Å². The van der Waals surface area contributed by atoms with Gasteiger partial charge in [-0.3, -0.25) is 0 Å². The number of hydrogen-bond acceptors (Lipinski definition) is 9. The highest BCUT2D eigenvalue weighted by atomic mass is 16.6. The minimum absolute atomic E-state index is 0.187. The predicted molar refractivity (Wildman–Crippen MR) is 140 cm³/mol. The van der Waals surface area contributed by atoms with Gasteiger partial charge in [-0.05, 0) is 37.4 Å². The van der Waals surface area contributed by atoms with Crippen LogP contribution in [0.25, 0.3) is 0 Å². The minimum Gasteiger partial charge on any atom is -0.481 e. The molecule has 3 aromatic rings. The third kappa shape index (κ3) is 3.64. The average Bonchev–Trinajstić information content (AvgIpc) is 3.31. The number of fused-ring (bicyclic) bond motifs is 3. The zero-order valence-electron chi connectivity index (χ0n) is 22.1. The molecular formula is C29H32N4O5. The Morgan fingerprint density at radius 2 is 1.79 bits per heavy atom. The summed E-state index contributed by atoms with van der Waals surface area (Å²) in [7, 11) is 8.56. The number of aliphatic hydroxyl groups is 1. The van der Waals surface area contributed by atoms with Gasteiger partial charge in [-0.15, -0.1) is 0 Å². The molecule has 1 fully saturated rings. The first-order chi connectivity index (χ1) is 18.3. The van der Waals surface area contributed by atoms with Crippen LogP contribution in [0.1, 0.15) is 28.2 Å². The first-order valence-corrected chi connectivity index (χ1v) is 12.4. The second-order valence-electron chi connectivity index (χ2n) is 9.95. The Kier molecular flexibility index (Phi) is 6.75. The Hall–Kier alpha value is -3.68. The van der Waals surface area contributed by atoms with E-state index in [1.807, 2.05) is 44.4 Å². The fourth-order valence-corrected chi connectivity index (χ4v) is 6.41. The van der Waals surface area contributed by atoms with Gasteiger partial charge in [0.25, 0.3) is 0 Å². The van der Waals surface area contributed by atoms with Crippen LogP contribution >= 0.6 is 0 Å². The first-order valence-electron chi connectivity index (χ1n) is 12.4. The molecule has 2 aliphatic rings. The van der Waals surface area contributed by atoms with Crippen LogP contribution in [-0.4, -0.2) is 63.0 Å². The topological polar surface area (TPSA) is 109 Å². The maximum absolute atomic E-state index is 13.2. The van der Waals surface area contributed by atoms with Crippen molar-refractivity contribution in [2.24, 2.45) is 5.92 Å². The number of benzene rings is 2. The summed E-state index contributed by atoms with van der Waals surface area (Å²) >= 11 is 0. The van der Waals surface area contributed by atoms with E-state index in [1.54, 1.807) is 18.2 Å². The Morgan fingerprint density at radius 3 is 2.37 bits per heavy atom. The van der Waals surface area contributed by atoms with E-state index in [0.29, 0.717) is 34.9 Å². The van der Waals surface area contributed by atoms with Gasteiger partial charge in [0.1, 0.15) is 5.75 Å². The van der Waals surface area contributed by atoms with Crippen LogP contribution in [0, 0.1) is 17.2 Å². The number of aromatic nitrogens is 1. The molecule has 0 amide bonds. The lowest BCUT2D eigenvalue weighted by Crippen LogP contribution is -2.56. The highest BCUT2D eigenvalue weighted by Crippen LogP contribution is 2.69. The molecule has 198 valence electrons. The maximum Gasteiger partial charge on any atom is 0.226 e. The molecule has 38 heavy (non-hydrogen) atoms. The average molecular weight is 517 g/mol. The molecule has 1 aliphatic heterocycles. The molecule has 5 atom stereocenters. The van der Waals surface area contributed by atoms with Gasteiger partial charge < -0.3 is 29.1 Å². The Morgan fingerprint density at radius 1 is 1.08 bits per heavy atom. The van der Waals surface area contributed by atoms with Crippen LogP contribution < -0.4 is 19.7 Å². The van der Waals surface area contributed by atoms with Crippen molar-refractivity contribution in [3.63, 3.8) is 0 Å². The molecule has 5 rings (SSSR count). The van der Waals surface area contributed by atoms with Crippen LogP contribution in [0.3, 0.4) is 0 Å². The number of pyridine rings is 1. The van der Waals surface area contributed by atoms with E-state index >= 15 is 0 Å². The van der Waals surface area contributed by atoms with Crippen molar-refractivity contribution in [2.75, 3.05) is 42.0 Å². The Bertz CT molecular complexity index is 1340. The second-order valence-corrected chi connectivity index (χ2v) is 9.95. The maximum atomic E-state index is 13.2. The Labute approximate surface area is 222 Å². The number of hydrogen-bond donors (Lipinski definition) is 2. The molecule has 0 radical (unpaired) electrons. The van der Waals surface area contributed by atoms with Crippen molar-refractivity contribution in [3.8, 4) is 23.6 Å². The van der Waals surface area contributed by atoms with Crippen molar-refractivity contribution in [3.05, 3.63) is 82.9 Å². The van der Waals surface area contributed by atoms with E-state index in [4.69, 9.17) is 19.0 Å². The largest absolute Gasteiger partial charge is 0.481 e. The van der Waals surface area contributed by atoms with Gasteiger partial charge in [-0.25, -0.2) is 0 Å². The number of ether oxygens (including phenoxy) is 3. The van der Waals surface area contributed by atoms with Crippen LogP contribution in [-0.2, 0) is 16.0 Å². The van der Waals surface area contributed by atoms with E-state index in [0.717, 1.165) is 5.56 Å². The molecule has 0 unspecified atom stereocenters. The number of rotatable bonds is 8. The zero-order chi connectivity index (χ0) is 27.1. The molecule has 9 heteroatoms. The molecule has 0 saturated heterocycles. The first kappa shape index (κ1) is 25.9. The van der Waals surface area contributed by atoms with Crippen molar-refractivity contribution in [2.45, 2.75) is 23.2 Å².